The minimum absolute atomic E-state index is 0.120. The first-order valence-corrected chi connectivity index (χ1v) is 7.85. The molecule has 1 unspecified atom stereocenters. The minimum atomic E-state index is -0.539. The fourth-order valence-electron chi connectivity index (χ4n) is 1.44. The van der Waals surface area contributed by atoms with Crippen molar-refractivity contribution in [3.05, 3.63) is 36.9 Å². The number of furan rings is 1. The van der Waals surface area contributed by atoms with Crippen molar-refractivity contribution >= 4 is 17.1 Å². The zero-order valence-electron chi connectivity index (χ0n) is 15.0. The first-order valence-electron chi connectivity index (χ1n) is 7.85. The second kappa shape index (κ2) is 11.4. The first-order chi connectivity index (χ1) is 10.8. The van der Waals surface area contributed by atoms with E-state index in [1.54, 1.807) is 27.0 Å². The van der Waals surface area contributed by atoms with Crippen molar-refractivity contribution in [1.29, 1.82) is 0 Å². The highest BCUT2D eigenvalue weighted by atomic mass is 16.7. The Hall–Kier alpha value is -2.17. The summed E-state index contributed by atoms with van der Waals surface area (Å²) in [5.41, 5.74) is 3.16. The molecule has 0 spiro atoms. The van der Waals surface area contributed by atoms with E-state index in [0.29, 0.717) is 0 Å². The molecule has 0 amide bonds. The fraction of sp³-hybridized carbons (Fsp3) is 0.500. The summed E-state index contributed by atoms with van der Waals surface area (Å²) in [6, 6.07) is 3.90. The van der Waals surface area contributed by atoms with Gasteiger partial charge >= 0.3 is 5.97 Å². The first kappa shape index (κ1) is 20.8. The fourth-order valence-corrected chi connectivity index (χ4v) is 1.44. The number of esters is 1. The van der Waals surface area contributed by atoms with Gasteiger partial charge in [-0.1, -0.05) is 40.7 Å². The number of H-pyrrole nitrogens is 1. The van der Waals surface area contributed by atoms with Gasteiger partial charge in [0, 0.05) is 24.8 Å². The van der Waals surface area contributed by atoms with E-state index >= 15 is 0 Å². The third-order valence-corrected chi connectivity index (χ3v) is 2.42. The van der Waals surface area contributed by atoms with Crippen molar-refractivity contribution in [3.8, 4) is 0 Å². The number of aromatic nitrogens is 1. The lowest BCUT2D eigenvalue weighted by molar-refractivity contribution is -0.169. The number of hydrogen-bond donors (Lipinski definition) is 1. The topological polar surface area (TPSA) is 64.5 Å². The molecule has 2 rings (SSSR count). The molecular weight excluding hydrogens is 294 g/mol. The molecule has 130 valence electrons. The molecule has 1 N–H and O–H groups in total. The van der Waals surface area contributed by atoms with Gasteiger partial charge in [-0.25, -0.2) is 0 Å². The molecule has 0 aliphatic carbocycles. The number of nitrogens with one attached hydrogen (secondary N) is 1. The second-order valence-corrected chi connectivity index (χ2v) is 5.32. The summed E-state index contributed by atoms with van der Waals surface area (Å²) in [5, 5.41) is 0. The lowest BCUT2D eigenvalue weighted by Gasteiger charge is -2.13. The monoisotopic (exact) mass is 323 g/mol. The normalized spacial score (nSPS) is 10.9. The summed E-state index contributed by atoms with van der Waals surface area (Å²) < 4.78 is 14.7. The van der Waals surface area contributed by atoms with E-state index in [9.17, 15) is 4.79 Å². The standard InChI is InChI=1S/C8H14O3.C7H7NO.C3H8/c1-5-10-7(4)11-8(9)6(2)3;1-5-4-7-6(8-5)2-3-9-7;1-3-2/h5-7H,1H2,2-4H3;2-4,8H,1H3;3H2,1-2H3. The highest BCUT2D eigenvalue weighted by Crippen LogP contribution is 2.14. The zero-order chi connectivity index (χ0) is 17.8. The SMILES string of the molecule is C=COC(C)OC(=O)C(C)C.CCC.Cc1cc2occc2[nH]1. The van der Waals surface area contributed by atoms with Crippen LogP contribution in [0.5, 0.6) is 0 Å². The van der Waals surface area contributed by atoms with Crippen molar-refractivity contribution in [1.82, 2.24) is 4.98 Å². The smallest absolute Gasteiger partial charge is 0.311 e. The van der Waals surface area contributed by atoms with Crippen LogP contribution >= 0.6 is 0 Å². The van der Waals surface area contributed by atoms with Gasteiger partial charge in [0.25, 0.3) is 0 Å². The number of carbonyl (C=O) groups is 1. The molecule has 2 heterocycles. The number of aryl methyl sites for hydroxylation is 1. The van der Waals surface area contributed by atoms with Crippen molar-refractivity contribution in [2.45, 2.75) is 54.3 Å². The quantitative estimate of drug-likeness (QED) is 0.478. The summed E-state index contributed by atoms with van der Waals surface area (Å²) in [6.07, 6.45) is 3.64. The Balaban J connectivity index is 0.000000362. The zero-order valence-corrected chi connectivity index (χ0v) is 15.0. The van der Waals surface area contributed by atoms with Crippen LogP contribution < -0.4 is 0 Å². The van der Waals surface area contributed by atoms with Gasteiger partial charge < -0.3 is 18.9 Å². The molecule has 5 heteroatoms. The van der Waals surface area contributed by atoms with Crippen LogP contribution in [0.1, 0.15) is 46.7 Å². The van der Waals surface area contributed by atoms with Crippen LogP contribution in [0.3, 0.4) is 0 Å². The maximum absolute atomic E-state index is 10.9. The van der Waals surface area contributed by atoms with Crippen LogP contribution in [0.15, 0.2) is 35.7 Å². The van der Waals surface area contributed by atoms with Gasteiger partial charge in [-0.05, 0) is 6.92 Å². The number of carbonyl (C=O) groups excluding carboxylic acids is 1. The summed E-state index contributed by atoms with van der Waals surface area (Å²) in [5.74, 6) is -0.384. The van der Waals surface area contributed by atoms with E-state index in [4.69, 9.17) is 13.9 Å². The highest BCUT2D eigenvalue weighted by Gasteiger charge is 2.12. The van der Waals surface area contributed by atoms with Crippen molar-refractivity contribution in [2.24, 2.45) is 5.92 Å². The molecule has 0 aromatic carbocycles. The Morgan fingerprint density at radius 1 is 1.39 bits per heavy atom. The number of hydrogen-bond acceptors (Lipinski definition) is 4. The third kappa shape index (κ3) is 8.76. The van der Waals surface area contributed by atoms with Crippen molar-refractivity contribution < 1.29 is 18.7 Å². The van der Waals surface area contributed by atoms with Crippen molar-refractivity contribution in [2.75, 3.05) is 0 Å². The number of rotatable bonds is 4. The average Bonchev–Trinajstić information content (AvgIpc) is 3.00. The van der Waals surface area contributed by atoms with E-state index in [1.807, 2.05) is 19.1 Å². The van der Waals surface area contributed by atoms with E-state index < -0.39 is 6.29 Å². The number of fused-ring (bicyclic) bond motifs is 1. The van der Waals surface area contributed by atoms with Gasteiger partial charge in [0.2, 0.25) is 6.29 Å². The molecular formula is C18H29NO4. The maximum Gasteiger partial charge on any atom is 0.311 e. The summed E-state index contributed by atoms with van der Waals surface area (Å²) in [6.45, 7) is 14.8. The van der Waals surface area contributed by atoms with Gasteiger partial charge in [0.1, 0.15) is 0 Å². The second-order valence-electron chi connectivity index (χ2n) is 5.32. The van der Waals surface area contributed by atoms with Crippen LogP contribution in [0, 0.1) is 12.8 Å². The molecule has 0 fully saturated rings. The van der Waals surface area contributed by atoms with E-state index in [1.165, 1.54) is 12.7 Å². The molecule has 2 aromatic heterocycles. The molecule has 5 nitrogen and oxygen atoms in total. The van der Waals surface area contributed by atoms with Gasteiger partial charge in [0.15, 0.2) is 5.58 Å². The maximum atomic E-state index is 10.9. The predicted octanol–water partition coefficient (Wildman–Crippen LogP) is 5.18. The molecule has 0 bridgehead atoms. The van der Waals surface area contributed by atoms with Crippen LogP contribution in [-0.2, 0) is 14.3 Å². The van der Waals surface area contributed by atoms with Crippen LogP contribution in [0.25, 0.3) is 11.1 Å². The minimum Gasteiger partial charge on any atom is -0.463 e. The summed E-state index contributed by atoms with van der Waals surface area (Å²) >= 11 is 0. The van der Waals surface area contributed by atoms with Crippen LogP contribution in [-0.4, -0.2) is 17.2 Å². The lowest BCUT2D eigenvalue weighted by Crippen LogP contribution is -2.19. The van der Waals surface area contributed by atoms with Crippen LogP contribution in [0.4, 0.5) is 0 Å². The Morgan fingerprint density at radius 2 is 2.00 bits per heavy atom. The molecule has 0 aliphatic rings. The summed E-state index contributed by atoms with van der Waals surface area (Å²) in [7, 11) is 0. The van der Waals surface area contributed by atoms with E-state index in [-0.39, 0.29) is 11.9 Å². The molecule has 0 saturated heterocycles. The van der Waals surface area contributed by atoms with Crippen molar-refractivity contribution in [3.63, 3.8) is 0 Å². The molecule has 0 saturated carbocycles. The highest BCUT2D eigenvalue weighted by molar-refractivity contribution is 5.73. The van der Waals surface area contributed by atoms with Crippen LogP contribution in [0.2, 0.25) is 0 Å². The van der Waals surface area contributed by atoms with E-state index in [0.717, 1.165) is 16.8 Å². The third-order valence-electron chi connectivity index (χ3n) is 2.42. The Morgan fingerprint density at radius 3 is 2.48 bits per heavy atom. The lowest BCUT2D eigenvalue weighted by atomic mass is 10.2. The Labute approximate surface area is 138 Å². The van der Waals surface area contributed by atoms with Gasteiger partial charge in [-0.3, -0.25) is 4.79 Å². The number of ether oxygens (including phenoxy) is 2. The Kier molecular flexibility index (Phi) is 10.3. The molecule has 1 atom stereocenters. The largest absolute Gasteiger partial charge is 0.463 e. The number of aromatic amines is 1. The van der Waals surface area contributed by atoms with E-state index in [2.05, 4.69) is 25.4 Å². The van der Waals surface area contributed by atoms with Gasteiger partial charge in [-0.2, -0.15) is 0 Å². The molecule has 2 aromatic rings. The molecule has 23 heavy (non-hydrogen) atoms. The average molecular weight is 323 g/mol. The summed E-state index contributed by atoms with van der Waals surface area (Å²) in [4.78, 5) is 14.0. The van der Waals surface area contributed by atoms with Gasteiger partial charge in [0.05, 0.1) is 24.0 Å². The molecule has 0 radical (unpaired) electrons. The van der Waals surface area contributed by atoms with Gasteiger partial charge in [-0.15, -0.1) is 0 Å². The Bertz CT molecular complexity index is 540. The predicted molar refractivity (Wildman–Crippen MR) is 92.9 cm³/mol. The molecule has 0 aliphatic heterocycles.